The van der Waals surface area contributed by atoms with Crippen LogP contribution in [0.4, 0.5) is 4.39 Å². The third-order valence-electron chi connectivity index (χ3n) is 5.74. The van der Waals surface area contributed by atoms with Crippen LogP contribution in [-0.2, 0) is 12.0 Å². The van der Waals surface area contributed by atoms with Gasteiger partial charge in [-0.25, -0.2) is 14.2 Å². The maximum atomic E-state index is 13.7. The standard InChI is InChI=1S/C26H20Cl3FN2O3/c1-26(2,16-4-9-19(27)20(28)12-16)23-13-31-24(32(23)18-7-5-17(30)6-8-18)14-35-22-10-3-15(25(33)34)11-21(22)29/h3-13H,14H2,1-2H3,(H,33,34). The fourth-order valence-corrected chi connectivity index (χ4v) is 4.27. The van der Waals surface area contributed by atoms with Crippen molar-refractivity contribution in [3.63, 3.8) is 0 Å². The third-order valence-corrected chi connectivity index (χ3v) is 6.77. The van der Waals surface area contributed by atoms with Crippen LogP contribution in [0.1, 0.15) is 41.3 Å². The minimum atomic E-state index is -1.08. The lowest BCUT2D eigenvalue weighted by atomic mass is 9.81. The number of benzene rings is 3. The summed E-state index contributed by atoms with van der Waals surface area (Å²) in [5.74, 6) is -0.588. The molecule has 0 bridgehead atoms. The molecule has 0 unspecified atom stereocenters. The maximum Gasteiger partial charge on any atom is 0.335 e. The van der Waals surface area contributed by atoms with Gasteiger partial charge in [0.15, 0.2) is 5.82 Å². The van der Waals surface area contributed by atoms with Gasteiger partial charge in [0, 0.05) is 17.3 Å². The summed E-state index contributed by atoms with van der Waals surface area (Å²) in [6, 6.07) is 15.7. The lowest BCUT2D eigenvalue weighted by Gasteiger charge is -2.28. The minimum absolute atomic E-state index is 0.0287. The van der Waals surface area contributed by atoms with E-state index in [4.69, 9.17) is 44.6 Å². The topological polar surface area (TPSA) is 64.3 Å². The molecule has 0 amide bonds. The van der Waals surface area contributed by atoms with Crippen molar-refractivity contribution in [3.8, 4) is 11.4 Å². The summed E-state index contributed by atoms with van der Waals surface area (Å²) in [7, 11) is 0. The van der Waals surface area contributed by atoms with Crippen molar-refractivity contribution in [1.29, 1.82) is 0 Å². The van der Waals surface area contributed by atoms with Gasteiger partial charge in [0.2, 0.25) is 0 Å². The highest BCUT2D eigenvalue weighted by Crippen LogP contribution is 2.37. The number of halogens is 4. The Bertz CT molecular complexity index is 1400. The summed E-state index contributed by atoms with van der Waals surface area (Å²) in [5.41, 5.74) is 1.91. The fourth-order valence-electron chi connectivity index (χ4n) is 3.74. The van der Waals surface area contributed by atoms with Crippen molar-refractivity contribution in [2.45, 2.75) is 25.9 Å². The number of carbonyl (C=O) groups is 1. The Hall–Kier alpha value is -3.06. The third kappa shape index (κ3) is 5.15. The number of rotatable bonds is 7. The number of carboxylic acid groups (broad SMARTS) is 1. The van der Waals surface area contributed by atoms with E-state index in [0.717, 1.165) is 11.3 Å². The number of hydrogen-bond donors (Lipinski definition) is 1. The molecular formula is C26H20Cl3FN2O3. The minimum Gasteiger partial charge on any atom is -0.484 e. The van der Waals surface area contributed by atoms with Crippen LogP contribution in [0.2, 0.25) is 15.1 Å². The molecule has 0 radical (unpaired) electrons. The summed E-state index contributed by atoms with van der Waals surface area (Å²) in [6.07, 6.45) is 1.74. The van der Waals surface area contributed by atoms with Crippen LogP contribution in [-0.4, -0.2) is 20.6 Å². The molecule has 0 aliphatic heterocycles. The number of carboxylic acids is 1. The van der Waals surface area contributed by atoms with E-state index in [1.807, 2.05) is 30.5 Å². The first kappa shape index (κ1) is 25.0. The van der Waals surface area contributed by atoms with Crippen LogP contribution in [0.3, 0.4) is 0 Å². The Morgan fingerprint density at radius 2 is 1.71 bits per heavy atom. The predicted octanol–water partition coefficient (Wildman–Crippen LogP) is 7.57. The fraction of sp³-hybridized carbons (Fsp3) is 0.154. The molecule has 1 heterocycles. The van der Waals surface area contributed by atoms with E-state index in [1.54, 1.807) is 24.4 Å². The molecule has 9 heteroatoms. The van der Waals surface area contributed by atoms with Crippen LogP contribution in [0.5, 0.6) is 5.75 Å². The Morgan fingerprint density at radius 1 is 1.00 bits per heavy atom. The van der Waals surface area contributed by atoms with Gasteiger partial charge in [-0.05, 0) is 60.2 Å². The van der Waals surface area contributed by atoms with Crippen LogP contribution >= 0.6 is 34.8 Å². The summed E-state index contributed by atoms with van der Waals surface area (Å²) >= 11 is 18.6. The van der Waals surface area contributed by atoms with Gasteiger partial charge in [-0.3, -0.25) is 4.57 Å². The number of aromatic carboxylic acids is 1. The molecule has 1 N–H and O–H groups in total. The van der Waals surface area contributed by atoms with Gasteiger partial charge in [-0.2, -0.15) is 0 Å². The van der Waals surface area contributed by atoms with E-state index < -0.39 is 11.4 Å². The van der Waals surface area contributed by atoms with Gasteiger partial charge in [-0.15, -0.1) is 0 Å². The smallest absolute Gasteiger partial charge is 0.335 e. The van der Waals surface area contributed by atoms with Crippen molar-refractivity contribution in [2.24, 2.45) is 0 Å². The van der Waals surface area contributed by atoms with E-state index in [1.165, 1.54) is 30.3 Å². The van der Waals surface area contributed by atoms with E-state index in [-0.39, 0.29) is 23.0 Å². The molecule has 0 fully saturated rings. The molecule has 3 aromatic carbocycles. The lowest BCUT2D eigenvalue weighted by molar-refractivity contribution is 0.0697. The Morgan fingerprint density at radius 3 is 2.34 bits per heavy atom. The van der Waals surface area contributed by atoms with Gasteiger partial charge in [0.25, 0.3) is 0 Å². The second kappa shape index (κ2) is 9.90. The van der Waals surface area contributed by atoms with Gasteiger partial charge < -0.3 is 9.84 Å². The van der Waals surface area contributed by atoms with E-state index in [2.05, 4.69) is 4.98 Å². The normalized spacial score (nSPS) is 11.5. The molecule has 0 aliphatic rings. The molecule has 0 atom stereocenters. The first-order chi connectivity index (χ1) is 16.6. The van der Waals surface area contributed by atoms with Crippen LogP contribution in [0.15, 0.2) is 66.9 Å². The number of ether oxygens (including phenoxy) is 1. The van der Waals surface area contributed by atoms with Gasteiger partial charge >= 0.3 is 5.97 Å². The average Bonchev–Trinajstić information content (AvgIpc) is 3.25. The molecule has 180 valence electrons. The monoisotopic (exact) mass is 532 g/mol. The van der Waals surface area contributed by atoms with Gasteiger partial charge in [0.05, 0.1) is 26.3 Å². The Balaban J connectivity index is 1.75. The summed E-state index contributed by atoms with van der Waals surface area (Å²) in [5, 5.41) is 10.2. The zero-order chi connectivity index (χ0) is 25.3. The van der Waals surface area contributed by atoms with Crippen molar-refractivity contribution >= 4 is 40.8 Å². The molecule has 35 heavy (non-hydrogen) atoms. The van der Waals surface area contributed by atoms with Crippen molar-refractivity contribution in [2.75, 3.05) is 0 Å². The average molecular weight is 534 g/mol. The highest BCUT2D eigenvalue weighted by molar-refractivity contribution is 6.42. The highest BCUT2D eigenvalue weighted by atomic mass is 35.5. The Kier molecular flexibility index (Phi) is 7.08. The molecule has 5 nitrogen and oxygen atoms in total. The predicted molar refractivity (Wildman–Crippen MR) is 135 cm³/mol. The van der Waals surface area contributed by atoms with E-state index >= 15 is 0 Å². The van der Waals surface area contributed by atoms with Crippen molar-refractivity contribution in [3.05, 3.63) is 110 Å². The van der Waals surface area contributed by atoms with E-state index in [9.17, 15) is 9.18 Å². The van der Waals surface area contributed by atoms with Crippen molar-refractivity contribution in [1.82, 2.24) is 9.55 Å². The SMILES string of the molecule is CC(C)(c1ccc(Cl)c(Cl)c1)c1cnc(COc2ccc(C(=O)O)cc2Cl)n1-c1ccc(F)cc1. The molecule has 4 rings (SSSR count). The second-order valence-electron chi connectivity index (χ2n) is 8.36. The summed E-state index contributed by atoms with van der Waals surface area (Å²) in [4.78, 5) is 15.8. The molecule has 1 aromatic heterocycles. The van der Waals surface area contributed by atoms with Gasteiger partial charge in [-0.1, -0.05) is 54.7 Å². The molecule has 0 spiro atoms. The zero-order valence-corrected chi connectivity index (χ0v) is 21.0. The highest BCUT2D eigenvalue weighted by Gasteiger charge is 2.30. The van der Waals surface area contributed by atoms with Crippen LogP contribution in [0.25, 0.3) is 5.69 Å². The largest absolute Gasteiger partial charge is 0.484 e. The Labute approximate surface area is 216 Å². The second-order valence-corrected chi connectivity index (χ2v) is 9.59. The van der Waals surface area contributed by atoms with Gasteiger partial charge in [0.1, 0.15) is 18.2 Å². The number of nitrogens with zero attached hydrogens (tertiary/aromatic N) is 2. The van der Waals surface area contributed by atoms with Crippen molar-refractivity contribution < 1.29 is 19.0 Å². The number of hydrogen-bond acceptors (Lipinski definition) is 3. The quantitative estimate of drug-likeness (QED) is 0.266. The molecule has 4 aromatic rings. The maximum absolute atomic E-state index is 13.7. The first-order valence-electron chi connectivity index (χ1n) is 10.5. The number of aromatic nitrogens is 2. The summed E-state index contributed by atoms with van der Waals surface area (Å²) in [6.45, 7) is 4.08. The molecule has 0 aliphatic carbocycles. The molecular weight excluding hydrogens is 514 g/mol. The van der Waals surface area contributed by atoms with Crippen LogP contribution < -0.4 is 4.74 Å². The lowest BCUT2D eigenvalue weighted by Crippen LogP contribution is -2.24. The first-order valence-corrected chi connectivity index (χ1v) is 11.7. The van der Waals surface area contributed by atoms with Crippen LogP contribution in [0, 0.1) is 5.82 Å². The number of imidazole rings is 1. The zero-order valence-electron chi connectivity index (χ0n) is 18.7. The van der Waals surface area contributed by atoms with E-state index in [0.29, 0.717) is 27.3 Å². The summed E-state index contributed by atoms with van der Waals surface area (Å²) < 4.78 is 21.5. The molecule has 0 saturated carbocycles. The molecule has 0 saturated heterocycles.